The Labute approximate surface area is 228 Å². The number of nitrogens with zero attached hydrogens (tertiary/aromatic N) is 2. The van der Waals surface area contributed by atoms with Gasteiger partial charge in [0.1, 0.15) is 5.69 Å². The molecule has 0 atom stereocenters. The quantitative estimate of drug-likeness (QED) is 0.270. The minimum absolute atomic E-state index is 0.177. The molecule has 9 nitrogen and oxygen atoms in total. The summed E-state index contributed by atoms with van der Waals surface area (Å²) in [5, 5.41) is 10.4. The summed E-state index contributed by atoms with van der Waals surface area (Å²) in [5.74, 6) is 0.518. The van der Waals surface area contributed by atoms with Crippen molar-refractivity contribution in [1.82, 2.24) is 14.5 Å². The van der Waals surface area contributed by atoms with E-state index in [4.69, 9.17) is 30.1 Å². The highest BCUT2D eigenvalue weighted by atomic mass is 16.7. The maximum absolute atomic E-state index is 13.3. The van der Waals surface area contributed by atoms with Crippen LogP contribution in [0.5, 0.6) is 11.5 Å². The standard InChI is InChI=1S/C29H22N4O3.C2H4O2/c30-13-17-4-3-5-18(10-17)14-33-15-22(21-11-25-26(12-24(21)33)36-16-35-25)28-29(34)31-23-9-8-19-6-1-2-7-20(19)27(23)32-28;1-2(3)4/h1-12,15H,13-14,16,30H2,(H,31,34);1H3,(H,3,4). The zero-order valence-corrected chi connectivity index (χ0v) is 21.7. The van der Waals surface area contributed by atoms with Crippen molar-refractivity contribution in [1.29, 1.82) is 0 Å². The first kappa shape index (κ1) is 25.1. The van der Waals surface area contributed by atoms with Crippen molar-refractivity contribution >= 4 is 38.7 Å². The highest BCUT2D eigenvalue weighted by Gasteiger charge is 2.22. The molecule has 40 heavy (non-hydrogen) atoms. The van der Waals surface area contributed by atoms with Crippen molar-refractivity contribution < 1.29 is 19.4 Å². The van der Waals surface area contributed by atoms with Crippen molar-refractivity contribution in [2.45, 2.75) is 20.0 Å². The largest absolute Gasteiger partial charge is 0.481 e. The van der Waals surface area contributed by atoms with E-state index in [9.17, 15) is 4.79 Å². The second-order valence-corrected chi connectivity index (χ2v) is 9.53. The predicted molar refractivity (Wildman–Crippen MR) is 154 cm³/mol. The van der Waals surface area contributed by atoms with E-state index < -0.39 is 5.97 Å². The number of carboxylic acids is 1. The van der Waals surface area contributed by atoms with Gasteiger partial charge in [-0.05, 0) is 28.6 Å². The molecule has 0 saturated carbocycles. The second-order valence-electron chi connectivity index (χ2n) is 9.53. The van der Waals surface area contributed by atoms with Crippen LogP contribution in [0, 0.1) is 0 Å². The Morgan fingerprint density at radius 3 is 2.55 bits per heavy atom. The number of carboxylic acid groups (broad SMARTS) is 1. The van der Waals surface area contributed by atoms with Crippen LogP contribution in [0.2, 0.25) is 0 Å². The highest BCUT2D eigenvalue weighted by molar-refractivity contribution is 6.05. The molecular weight excluding hydrogens is 508 g/mol. The summed E-state index contributed by atoms with van der Waals surface area (Å²) in [4.78, 5) is 30.3. The number of benzene rings is 4. The Hall–Kier alpha value is -5.15. The minimum Gasteiger partial charge on any atom is -0.481 e. The number of ether oxygens (including phenoxy) is 2. The third-order valence-electron chi connectivity index (χ3n) is 6.80. The number of aromatic amines is 1. The van der Waals surface area contributed by atoms with Crippen LogP contribution < -0.4 is 20.8 Å². The van der Waals surface area contributed by atoms with Crippen LogP contribution in [0.4, 0.5) is 0 Å². The van der Waals surface area contributed by atoms with Crippen LogP contribution in [-0.4, -0.2) is 32.4 Å². The van der Waals surface area contributed by atoms with Gasteiger partial charge in [-0.25, -0.2) is 4.98 Å². The zero-order chi connectivity index (χ0) is 27.8. The molecule has 7 rings (SSSR count). The van der Waals surface area contributed by atoms with Crippen molar-refractivity contribution in [2.75, 3.05) is 6.79 Å². The smallest absolute Gasteiger partial charge is 0.300 e. The van der Waals surface area contributed by atoms with E-state index in [0.29, 0.717) is 35.8 Å². The average Bonchev–Trinajstić information content (AvgIpc) is 3.55. The molecule has 0 aliphatic carbocycles. The molecule has 0 spiro atoms. The zero-order valence-electron chi connectivity index (χ0n) is 21.7. The van der Waals surface area contributed by atoms with Gasteiger partial charge in [0.15, 0.2) is 11.5 Å². The molecule has 4 aromatic carbocycles. The van der Waals surface area contributed by atoms with Crippen molar-refractivity contribution in [3.8, 4) is 22.8 Å². The van der Waals surface area contributed by atoms with E-state index in [1.165, 1.54) is 0 Å². The van der Waals surface area contributed by atoms with Crippen molar-refractivity contribution in [3.63, 3.8) is 0 Å². The molecule has 1 aliphatic rings. The van der Waals surface area contributed by atoms with Crippen molar-refractivity contribution in [2.24, 2.45) is 5.73 Å². The molecule has 3 heterocycles. The summed E-state index contributed by atoms with van der Waals surface area (Å²) in [7, 11) is 0. The lowest BCUT2D eigenvalue weighted by Gasteiger charge is -2.08. The molecule has 0 fully saturated rings. The van der Waals surface area contributed by atoms with E-state index in [-0.39, 0.29) is 12.4 Å². The van der Waals surface area contributed by atoms with E-state index in [1.54, 1.807) is 0 Å². The summed E-state index contributed by atoms with van der Waals surface area (Å²) in [6.07, 6.45) is 1.99. The van der Waals surface area contributed by atoms with Gasteiger partial charge in [0.25, 0.3) is 11.5 Å². The number of nitrogens with one attached hydrogen (secondary N) is 1. The maximum atomic E-state index is 13.3. The molecule has 0 saturated heterocycles. The fraction of sp³-hybridized carbons (Fsp3) is 0.129. The summed E-state index contributed by atoms with van der Waals surface area (Å²) in [5.41, 5.74) is 11.3. The van der Waals surface area contributed by atoms with E-state index >= 15 is 0 Å². The number of hydrogen-bond donors (Lipinski definition) is 3. The maximum Gasteiger partial charge on any atom is 0.300 e. The van der Waals surface area contributed by atoms with Crippen molar-refractivity contribution in [3.05, 3.63) is 100 Å². The number of hydrogen-bond acceptors (Lipinski definition) is 6. The van der Waals surface area contributed by atoms with Gasteiger partial charge in [-0.1, -0.05) is 54.6 Å². The first-order valence-electron chi connectivity index (χ1n) is 12.7. The molecule has 6 aromatic rings. The SMILES string of the molecule is CC(=O)O.NCc1cccc(Cn2cc(-c3nc4c(ccc5ccccc54)[nH]c3=O)c3cc4c(cc32)OCO4)c1. The summed E-state index contributed by atoms with van der Waals surface area (Å²) >= 11 is 0. The fourth-order valence-electron chi connectivity index (χ4n) is 5.05. The lowest BCUT2D eigenvalue weighted by atomic mass is 10.1. The number of aromatic nitrogens is 3. The molecule has 9 heteroatoms. The van der Waals surface area contributed by atoms with E-state index in [0.717, 1.165) is 50.8 Å². The molecule has 0 bridgehead atoms. The molecule has 1 aliphatic heterocycles. The molecule has 0 unspecified atom stereocenters. The van der Waals surface area contributed by atoms with Gasteiger partial charge in [0, 0.05) is 48.6 Å². The van der Waals surface area contributed by atoms with Crippen LogP contribution in [0.1, 0.15) is 18.1 Å². The Morgan fingerprint density at radius 1 is 1.00 bits per heavy atom. The van der Waals surface area contributed by atoms with Gasteiger partial charge in [0.2, 0.25) is 6.79 Å². The van der Waals surface area contributed by atoms with Gasteiger partial charge in [-0.15, -0.1) is 0 Å². The molecule has 200 valence electrons. The first-order valence-corrected chi connectivity index (χ1v) is 12.7. The third-order valence-corrected chi connectivity index (χ3v) is 6.80. The molecular formula is C31H26N4O5. The number of rotatable bonds is 4. The summed E-state index contributed by atoms with van der Waals surface area (Å²) in [6.45, 7) is 2.35. The third kappa shape index (κ3) is 4.63. The van der Waals surface area contributed by atoms with Gasteiger partial charge in [-0.2, -0.15) is 0 Å². The Balaban J connectivity index is 0.000000680. The van der Waals surface area contributed by atoms with Crippen LogP contribution in [0.25, 0.3) is 44.0 Å². The van der Waals surface area contributed by atoms with Crippen LogP contribution in [0.3, 0.4) is 0 Å². The topological polar surface area (TPSA) is 132 Å². The number of aliphatic carboxylic acids is 1. The first-order chi connectivity index (χ1) is 19.4. The Morgan fingerprint density at radius 2 is 1.75 bits per heavy atom. The van der Waals surface area contributed by atoms with Crippen LogP contribution >= 0.6 is 0 Å². The van der Waals surface area contributed by atoms with Gasteiger partial charge < -0.3 is 29.9 Å². The van der Waals surface area contributed by atoms with Gasteiger partial charge in [-0.3, -0.25) is 9.59 Å². The number of fused-ring (bicyclic) bond motifs is 5. The summed E-state index contributed by atoms with van der Waals surface area (Å²) < 4.78 is 13.4. The van der Waals surface area contributed by atoms with Crippen LogP contribution in [0.15, 0.2) is 83.8 Å². The van der Waals surface area contributed by atoms with E-state index in [2.05, 4.69) is 21.7 Å². The predicted octanol–water partition coefficient (Wildman–Crippen LogP) is 5.02. The second kappa shape index (κ2) is 10.2. The Bertz CT molecular complexity index is 1970. The molecule has 4 N–H and O–H groups in total. The van der Waals surface area contributed by atoms with E-state index in [1.807, 2.05) is 66.9 Å². The molecule has 0 radical (unpaired) electrons. The van der Waals surface area contributed by atoms with Crippen LogP contribution in [-0.2, 0) is 17.9 Å². The number of H-pyrrole nitrogens is 1. The number of carbonyl (C=O) groups is 1. The summed E-state index contributed by atoms with van der Waals surface area (Å²) in [6, 6.07) is 24.1. The minimum atomic E-state index is -0.833. The lowest BCUT2D eigenvalue weighted by Crippen LogP contribution is -2.11. The molecule has 2 aromatic heterocycles. The van der Waals surface area contributed by atoms with Gasteiger partial charge >= 0.3 is 0 Å². The fourth-order valence-corrected chi connectivity index (χ4v) is 5.05. The lowest BCUT2D eigenvalue weighted by molar-refractivity contribution is -0.134. The normalized spacial score (nSPS) is 12.1. The number of nitrogens with two attached hydrogens (primary N) is 1. The van der Waals surface area contributed by atoms with Gasteiger partial charge in [0.05, 0.1) is 16.6 Å². The average molecular weight is 535 g/mol. The monoisotopic (exact) mass is 534 g/mol. The molecule has 0 amide bonds. The highest BCUT2D eigenvalue weighted by Crippen LogP contribution is 2.40. The Kier molecular flexibility index (Phi) is 6.41.